The third-order valence-electron chi connectivity index (χ3n) is 13.4. The molecule has 330 valence electrons. The van der Waals surface area contributed by atoms with Crippen molar-refractivity contribution in [2.75, 3.05) is 65.6 Å². The lowest BCUT2D eigenvalue weighted by molar-refractivity contribution is 0.0439. The number of carbonyl (C=O) groups excluding carboxylic acids is 1. The number of hydrogen-bond donors (Lipinski definition) is 1. The number of carbonyl (C=O) groups is 2. The molecule has 2 aliphatic carbocycles. The number of nitrogens with zero attached hydrogens (tertiary/aromatic N) is 4. The highest BCUT2D eigenvalue weighted by Gasteiger charge is 2.44. The molecule has 62 heavy (non-hydrogen) atoms. The molecule has 4 atom stereocenters. The van der Waals surface area contributed by atoms with E-state index in [4.69, 9.17) is 30.5 Å². The number of carboxylic acid groups (broad SMARTS) is 1. The summed E-state index contributed by atoms with van der Waals surface area (Å²) in [5.74, 6) is 2.25. The molecule has 1 saturated carbocycles. The number of amides is 2. The second kappa shape index (κ2) is 18.3. The van der Waals surface area contributed by atoms with Crippen molar-refractivity contribution in [2.45, 2.75) is 68.0 Å². The molecule has 2 aliphatic heterocycles. The van der Waals surface area contributed by atoms with E-state index in [1.165, 1.54) is 25.2 Å². The van der Waals surface area contributed by atoms with E-state index < -0.39 is 22.2 Å². The predicted molar refractivity (Wildman–Crippen MR) is 236 cm³/mol. The highest BCUT2D eigenvalue weighted by molar-refractivity contribution is 7.89. The average Bonchev–Trinajstić information content (AvgIpc) is 3.72. The summed E-state index contributed by atoms with van der Waals surface area (Å²) in [5.41, 5.74) is 4.39. The Balaban J connectivity index is 1.09. The van der Waals surface area contributed by atoms with Crippen LogP contribution in [0.5, 0.6) is 17.2 Å². The molecule has 2 fully saturated rings. The van der Waals surface area contributed by atoms with Gasteiger partial charge in [0, 0.05) is 56.8 Å². The summed E-state index contributed by atoms with van der Waals surface area (Å²) in [6.07, 6.45) is 3.72. The number of methoxy groups -OCH3 is 2. The number of ether oxygens (including phenoxy) is 4. The smallest absolute Gasteiger partial charge is 0.409 e. The minimum atomic E-state index is -4.08. The number of aryl methyl sites for hydroxylation is 1. The summed E-state index contributed by atoms with van der Waals surface area (Å²) < 4.78 is 54.8. The van der Waals surface area contributed by atoms with Gasteiger partial charge in [-0.05, 0) is 127 Å². The van der Waals surface area contributed by atoms with E-state index >= 15 is 0 Å². The van der Waals surface area contributed by atoms with E-state index in [1.54, 1.807) is 39.5 Å². The lowest BCUT2D eigenvalue weighted by atomic mass is 9.69. The third-order valence-corrected chi connectivity index (χ3v) is 15.4. The first-order valence-electron chi connectivity index (χ1n) is 21.3. The maximum Gasteiger partial charge on any atom is 0.409 e. The van der Waals surface area contributed by atoms with Crippen molar-refractivity contribution in [3.05, 3.63) is 112 Å². The highest BCUT2D eigenvalue weighted by atomic mass is 35.5. The number of halogens is 1. The molecule has 4 aliphatic rings. The van der Waals surface area contributed by atoms with Crippen molar-refractivity contribution in [3.8, 4) is 17.2 Å². The van der Waals surface area contributed by atoms with E-state index in [2.05, 4.69) is 17.0 Å². The largest absolute Gasteiger partial charge is 0.497 e. The Labute approximate surface area is 369 Å². The van der Waals surface area contributed by atoms with Crippen LogP contribution >= 0.6 is 11.6 Å². The lowest BCUT2D eigenvalue weighted by Gasteiger charge is -2.44. The van der Waals surface area contributed by atoms with Crippen molar-refractivity contribution >= 4 is 39.5 Å². The molecular weight excluding hydrogens is 832 g/mol. The van der Waals surface area contributed by atoms with Crippen molar-refractivity contribution < 1.29 is 42.1 Å². The number of fused-ring (bicyclic) bond motifs is 3. The summed E-state index contributed by atoms with van der Waals surface area (Å²) in [6, 6.07) is 25.9. The van der Waals surface area contributed by atoms with Crippen molar-refractivity contribution in [3.63, 3.8) is 0 Å². The van der Waals surface area contributed by atoms with Gasteiger partial charge in [0.1, 0.15) is 17.2 Å². The molecule has 0 radical (unpaired) electrons. The molecule has 1 spiro atoms. The van der Waals surface area contributed by atoms with Crippen LogP contribution in [-0.2, 0) is 39.7 Å². The predicted octanol–water partition coefficient (Wildman–Crippen LogP) is 8.07. The number of likely N-dealkylation sites (N-methyl/N-ethyl adjacent to an activating group) is 1. The van der Waals surface area contributed by atoms with E-state index in [9.17, 15) is 23.1 Å². The van der Waals surface area contributed by atoms with Crippen LogP contribution in [0, 0.1) is 11.8 Å². The standard InChI is InChI=1S/C47H55ClN4O9S/c1-49(38-20-22-50(28-38)45(53)54)46(55)60-29-36-11-10-35(36)27-51-30-47(21-4-5-34-23-37(48)12-18-42(34)47)31-61-44-19-17-41(24-43(44)51)62(56,57)52(25-32-6-13-39(58-2)14-7-32)26-33-8-15-40(59-3)16-9-33/h6-9,12-19,23-24,35-36,38H,4-5,10-11,20-22,25-31H2,1-3H3,(H,53,54)/t35-,36-,38+,47-/m0/s1. The van der Waals surface area contributed by atoms with Gasteiger partial charge in [-0.15, -0.1) is 0 Å². The molecule has 1 N–H and O–H groups in total. The summed E-state index contributed by atoms with van der Waals surface area (Å²) in [4.78, 5) is 30.0. The number of likely N-dealkylation sites (tertiary alicyclic amines) is 1. The van der Waals surface area contributed by atoms with E-state index in [-0.39, 0.29) is 54.4 Å². The first kappa shape index (κ1) is 43.5. The Kier molecular flexibility index (Phi) is 12.8. The summed E-state index contributed by atoms with van der Waals surface area (Å²) in [6.45, 7) is 2.80. The summed E-state index contributed by atoms with van der Waals surface area (Å²) >= 11 is 6.51. The van der Waals surface area contributed by atoms with Gasteiger partial charge in [-0.1, -0.05) is 41.9 Å². The minimum Gasteiger partial charge on any atom is -0.497 e. The van der Waals surface area contributed by atoms with Crippen LogP contribution in [0.25, 0.3) is 0 Å². The monoisotopic (exact) mass is 886 g/mol. The second-order valence-electron chi connectivity index (χ2n) is 17.2. The summed E-state index contributed by atoms with van der Waals surface area (Å²) in [7, 11) is 0.782. The van der Waals surface area contributed by atoms with Gasteiger partial charge < -0.3 is 38.8 Å². The van der Waals surface area contributed by atoms with Crippen LogP contribution < -0.4 is 19.1 Å². The van der Waals surface area contributed by atoms with E-state index in [1.807, 2.05) is 54.6 Å². The fourth-order valence-electron chi connectivity index (χ4n) is 9.54. The Bertz CT molecular complexity index is 2320. The van der Waals surface area contributed by atoms with Gasteiger partial charge in [-0.3, -0.25) is 0 Å². The van der Waals surface area contributed by atoms with Gasteiger partial charge >= 0.3 is 12.2 Å². The molecule has 4 aromatic rings. The van der Waals surface area contributed by atoms with Gasteiger partial charge in [0.15, 0.2) is 0 Å². The van der Waals surface area contributed by atoms with Crippen molar-refractivity contribution in [1.82, 2.24) is 14.1 Å². The molecule has 2 amide bonds. The van der Waals surface area contributed by atoms with Crippen LogP contribution in [0.2, 0.25) is 5.02 Å². The fraction of sp³-hybridized carbons (Fsp3) is 0.447. The molecule has 1 saturated heterocycles. The quantitative estimate of drug-likeness (QED) is 0.140. The number of rotatable bonds is 13. The Morgan fingerprint density at radius 3 is 2.19 bits per heavy atom. The van der Waals surface area contributed by atoms with Crippen LogP contribution in [0.1, 0.15) is 54.4 Å². The number of hydrogen-bond acceptors (Lipinski definition) is 9. The topological polar surface area (TPSA) is 138 Å². The molecule has 4 aromatic carbocycles. The number of benzene rings is 4. The average molecular weight is 887 g/mol. The maximum atomic E-state index is 15.0. The van der Waals surface area contributed by atoms with Crippen LogP contribution in [0.4, 0.5) is 15.3 Å². The lowest BCUT2D eigenvalue weighted by Crippen LogP contribution is -2.49. The summed E-state index contributed by atoms with van der Waals surface area (Å²) in [5, 5.41) is 10.1. The molecule has 0 bridgehead atoms. The zero-order valence-electron chi connectivity index (χ0n) is 35.5. The zero-order valence-corrected chi connectivity index (χ0v) is 37.1. The Morgan fingerprint density at radius 2 is 1.58 bits per heavy atom. The molecule has 2 heterocycles. The molecule has 0 aromatic heterocycles. The van der Waals surface area contributed by atoms with Gasteiger partial charge in [-0.2, -0.15) is 4.31 Å². The maximum absolute atomic E-state index is 15.0. The number of anilines is 1. The highest BCUT2D eigenvalue weighted by Crippen LogP contribution is 2.47. The van der Waals surface area contributed by atoms with Gasteiger partial charge in [0.25, 0.3) is 0 Å². The van der Waals surface area contributed by atoms with Crippen molar-refractivity contribution in [1.29, 1.82) is 0 Å². The van der Waals surface area contributed by atoms with Crippen LogP contribution in [0.3, 0.4) is 0 Å². The van der Waals surface area contributed by atoms with Gasteiger partial charge in [-0.25, -0.2) is 18.0 Å². The van der Waals surface area contributed by atoms with Gasteiger partial charge in [0.2, 0.25) is 10.0 Å². The van der Waals surface area contributed by atoms with E-state index in [0.717, 1.165) is 43.2 Å². The molecule has 0 unspecified atom stereocenters. The fourth-order valence-corrected chi connectivity index (χ4v) is 11.2. The molecular formula is C47H55ClN4O9S. The first-order chi connectivity index (χ1) is 29.8. The molecule has 8 rings (SSSR count). The van der Waals surface area contributed by atoms with Crippen molar-refractivity contribution in [2.24, 2.45) is 11.8 Å². The van der Waals surface area contributed by atoms with E-state index in [0.29, 0.717) is 60.6 Å². The van der Waals surface area contributed by atoms with Gasteiger partial charge in [0.05, 0.1) is 44.1 Å². The third kappa shape index (κ3) is 9.14. The second-order valence-corrected chi connectivity index (χ2v) is 19.5. The zero-order chi connectivity index (χ0) is 43.6. The molecule has 13 nitrogen and oxygen atoms in total. The number of sulfonamides is 1. The molecule has 15 heteroatoms. The SMILES string of the molecule is COc1ccc(CN(Cc2ccc(OC)cc2)S(=O)(=O)c2ccc3c(c2)N(C[C@@H]2CC[C@H]2COC(=O)N(C)[C@@H]2CCN(C(=O)O)C2)C[C@@]2(CCCc4cc(Cl)ccc42)CO3)cc1. The first-order valence-corrected chi connectivity index (χ1v) is 23.1. The van der Waals surface area contributed by atoms with Crippen LogP contribution in [-0.4, -0.2) is 107 Å². The minimum absolute atomic E-state index is 0.101. The van der Waals surface area contributed by atoms with Crippen LogP contribution in [0.15, 0.2) is 89.8 Å². The normalized spacial score (nSPS) is 21.9. The Hall–Kier alpha value is -5.18. The Morgan fingerprint density at radius 1 is 0.903 bits per heavy atom.